The Balaban J connectivity index is 2.29. The fourth-order valence-electron chi connectivity index (χ4n) is 2.36. The summed E-state index contributed by atoms with van der Waals surface area (Å²) in [5, 5.41) is 0. The average Bonchev–Trinajstić information content (AvgIpc) is 2.73. The normalized spacial score (nSPS) is 19.8. The van der Waals surface area contributed by atoms with Gasteiger partial charge in [0.1, 0.15) is 5.82 Å². The number of hydrogen-bond donors (Lipinski definition) is 1. The van der Waals surface area contributed by atoms with E-state index in [1.165, 1.54) is 0 Å². The highest BCUT2D eigenvalue weighted by molar-refractivity contribution is 5.95. The van der Waals surface area contributed by atoms with Gasteiger partial charge in [-0.1, -0.05) is 27.7 Å². The molecule has 2 rings (SSSR count). The molecule has 1 aliphatic heterocycles. The maximum absolute atomic E-state index is 12.5. The Morgan fingerprint density at radius 1 is 1.42 bits per heavy atom. The Bertz CT molecular complexity index is 491. The van der Waals surface area contributed by atoms with Crippen LogP contribution in [0.3, 0.4) is 0 Å². The number of hydrogen-bond acceptors (Lipinski definition) is 3. The van der Waals surface area contributed by atoms with Crippen LogP contribution in [0.1, 0.15) is 50.2 Å². The zero-order valence-electron chi connectivity index (χ0n) is 12.2. The van der Waals surface area contributed by atoms with E-state index in [0.717, 1.165) is 25.2 Å². The molecule has 0 aromatic carbocycles. The number of nitrogen functional groups attached to an aromatic ring is 1. The molecule has 2 heterocycles. The van der Waals surface area contributed by atoms with Crippen LogP contribution in [-0.2, 0) is 5.41 Å². The smallest absolute Gasteiger partial charge is 0.254 e. The van der Waals surface area contributed by atoms with Crippen LogP contribution in [0.4, 0.5) is 5.82 Å². The predicted octanol–water partition coefficient (Wildman–Crippen LogP) is 2.44. The Morgan fingerprint density at radius 2 is 2.11 bits per heavy atom. The molecule has 0 radical (unpaired) electrons. The van der Waals surface area contributed by atoms with E-state index in [9.17, 15) is 4.79 Å². The van der Waals surface area contributed by atoms with Crippen LogP contribution in [0, 0.1) is 5.92 Å². The maximum atomic E-state index is 12.5. The molecule has 2 N–H and O–H groups in total. The van der Waals surface area contributed by atoms with E-state index in [1.54, 1.807) is 6.07 Å². The number of carbonyl (C=O) groups is 1. The van der Waals surface area contributed by atoms with E-state index >= 15 is 0 Å². The molecule has 4 heteroatoms. The lowest BCUT2D eigenvalue weighted by Crippen LogP contribution is -2.29. The first-order valence-corrected chi connectivity index (χ1v) is 6.84. The van der Waals surface area contributed by atoms with E-state index in [1.807, 2.05) is 11.0 Å². The molecule has 0 spiro atoms. The van der Waals surface area contributed by atoms with Gasteiger partial charge >= 0.3 is 0 Å². The first-order chi connectivity index (χ1) is 8.77. The van der Waals surface area contributed by atoms with Crippen LogP contribution >= 0.6 is 0 Å². The van der Waals surface area contributed by atoms with Gasteiger partial charge in [0.15, 0.2) is 0 Å². The summed E-state index contributed by atoms with van der Waals surface area (Å²) in [6.45, 7) is 10.1. The van der Waals surface area contributed by atoms with Crippen LogP contribution in [0.25, 0.3) is 0 Å². The molecule has 1 aromatic heterocycles. The van der Waals surface area contributed by atoms with Crippen molar-refractivity contribution in [1.82, 2.24) is 9.88 Å². The summed E-state index contributed by atoms with van der Waals surface area (Å²) in [5.74, 6) is 1.08. The summed E-state index contributed by atoms with van der Waals surface area (Å²) >= 11 is 0. The summed E-state index contributed by atoms with van der Waals surface area (Å²) in [5.41, 5.74) is 7.25. The molecular formula is C15H23N3O. The number of pyridine rings is 1. The van der Waals surface area contributed by atoms with Crippen LogP contribution in [0.2, 0.25) is 0 Å². The molecule has 1 fully saturated rings. The van der Waals surface area contributed by atoms with Crippen LogP contribution in [0.5, 0.6) is 0 Å². The number of nitrogens with zero attached hydrogens (tertiary/aromatic N) is 2. The maximum Gasteiger partial charge on any atom is 0.254 e. The number of nitrogens with two attached hydrogens (primary N) is 1. The highest BCUT2D eigenvalue weighted by Gasteiger charge is 2.26. The van der Waals surface area contributed by atoms with Gasteiger partial charge in [-0.3, -0.25) is 4.79 Å². The van der Waals surface area contributed by atoms with Crippen LogP contribution in [0.15, 0.2) is 12.1 Å². The van der Waals surface area contributed by atoms with Crippen LogP contribution in [-0.4, -0.2) is 28.9 Å². The van der Waals surface area contributed by atoms with Gasteiger partial charge in [0.2, 0.25) is 0 Å². The van der Waals surface area contributed by atoms with Gasteiger partial charge in [-0.2, -0.15) is 0 Å². The van der Waals surface area contributed by atoms with Crippen molar-refractivity contribution < 1.29 is 4.79 Å². The second-order valence-electron chi connectivity index (χ2n) is 6.56. The summed E-state index contributed by atoms with van der Waals surface area (Å²) in [7, 11) is 0. The minimum atomic E-state index is -0.108. The van der Waals surface area contributed by atoms with E-state index in [2.05, 4.69) is 32.7 Å². The number of carbonyl (C=O) groups excluding carboxylic acids is 1. The third-order valence-electron chi connectivity index (χ3n) is 3.57. The summed E-state index contributed by atoms with van der Waals surface area (Å²) in [6.07, 6.45) is 1.08. The van der Waals surface area contributed by atoms with Gasteiger partial charge in [-0.25, -0.2) is 4.98 Å². The molecule has 1 saturated heterocycles. The number of rotatable bonds is 1. The summed E-state index contributed by atoms with van der Waals surface area (Å²) in [4.78, 5) is 18.7. The first kappa shape index (κ1) is 13.8. The van der Waals surface area contributed by atoms with Crippen molar-refractivity contribution in [2.45, 2.75) is 39.5 Å². The van der Waals surface area contributed by atoms with Crippen molar-refractivity contribution in [2.24, 2.45) is 5.92 Å². The summed E-state index contributed by atoms with van der Waals surface area (Å²) in [6, 6.07) is 3.56. The Kier molecular flexibility index (Phi) is 3.52. The van der Waals surface area contributed by atoms with Gasteiger partial charge in [-0.15, -0.1) is 0 Å². The highest BCUT2D eigenvalue weighted by atomic mass is 16.2. The first-order valence-electron chi connectivity index (χ1n) is 6.84. The fourth-order valence-corrected chi connectivity index (χ4v) is 2.36. The molecule has 0 aliphatic carbocycles. The summed E-state index contributed by atoms with van der Waals surface area (Å²) < 4.78 is 0. The van der Waals surface area contributed by atoms with Crippen molar-refractivity contribution in [1.29, 1.82) is 0 Å². The zero-order chi connectivity index (χ0) is 14.2. The van der Waals surface area contributed by atoms with E-state index in [-0.39, 0.29) is 11.3 Å². The van der Waals surface area contributed by atoms with Gasteiger partial charge in [-0.05, 0) is 24.5 Å². The quantitative estimate of drug-likeness (QED) is 0.844. The lowest BCUT2D eigenvalue weighted by Gasteiger charge is -2.21. The lowest BCUT2D eigenvalue weighted by molar-refractivity contribution is 0.0788. The van der Waals surface area contributed by atoms with Gasteiger partial charge < -0.3 is 10.6 Å². The van der Waals surface area contributed by atoms with E-state index in [0.29, 0.717) is 17.3 Å². The number of amides is 1. The van der Waals surface area contributed by atoms with Crippen molar-refractivity contribution in [3.05, 3.63) is 23.4 Å². The molecule has 4 nitrogen and oxygen atoms in total. The molecule has 1 amide bonds. The van der Waals surface area contributed by atoms with Crippen molar-refractivity contribution in [3.8, 4) is 0 Å². The SMILES string of the molecule is CC1CCN(C(=O)c2cc(N)nc(C(C)(C)C)c2)C1. The zero-order valence-corrected chi connectivity index (χ0v) is 12.2. The fraction of sp³-hybridized carbons (Fsp3) is 0.600. The van der Waals surface area contributed by atoms with Crippen molar-refractivity contribution >= 4 is 11.7 Å². The molecule has 0 bridgehead atoms. The standard InChI is InChI=1S/C15H23N3O/c1-10-5-6-18(9-10)14(19)11-7-12(15(2,3)4)17-13(16)8-11/h7-8,10H,5-6,9H2,1-4H3,(H2,16,17). The Labute approximate surface area is 115 Å². The Morgan fingerprint density at radius 3 is 2.63 bits per heavy atom. The van der Waals surface area contributed by atoms with Crippen LogP contribution < -0.4 is 5.73 Å². The molecule has 1 aliphatic rings. The molecule has 1 unspecified atom stereocenters. The number of anilines is 1. The monoisotopic (exact) mass is 261 g/mol. The van der Waals surface area contributed by atoms with Gasteiger partial charge in [0, 0.05) is 29.8 Å². The third-order valence-corrected chi connectivity index (χ3v) is 3.57. The Hall–Kier alpha value is -1.58. The largest absolute Gasteiger partial charge is 0.384 e. The minimum absolute atomic E-state index is 0.0731. The number of aromatic nitrogens is 1. The third kappa shape index (κ3) is 3.06. The predicted molar refractivity (Wildman–Crippen MR) is 77.0 cm³/mol. The van der Waals surface area contributed by atoms with E-state index in [4.69, 9.17) is 5.73 Å². The second-order valence-corrected chi connectivity index (χ2v) is 6.56. The minimum Gasteiger partial charge on any atom is -0.384 e. The lowest BCUT2D eigenvalue weighted by atomic mass is 9.90. The van der Waals surface area contributed by atoms with Gasteiger partial charge in [0.25, 0.3) is 5.91 Å². The second kappa shape index (κ2) is 4.83. The highest BCUT2D eigenvalue weighted by Crippen LogP contribution is 2.24. The topological polar surface area (TPSA) is 59.2 Å². The molecular weight excluding hydrogens is 238 g/mol. The number of likely N-dealkylation sites (tertiary alicyclic amines) is 1. The van der Waals surface area contributed by atoms with Crippen molar-refractivity contribution in [2.75, 3.05) is 18.8 Å². The molecule has 1 aromatic rings. The molecule has 0 saturated carbocycles. The van der Waals surface area contributed by atoms with E-state index < -0.39 is 0 Å². The molecule has 104 valence electrons. The van der Waals surface area contributed by atoms with Gasteiger partial charge in [0.05, 0.1) is 0 Å². The van der Waals surface area contributed by atoms with Crippen molar-refractivity contribution in [3.63, 3.8) is 0 Å². The average molecular weight is 261 g/mol. The molecule has 1 atom stereocenters. The molecule has 19 heavy (non-hydrogen) atoms.